The van der Waals surface area contributed by atoms with Gasteiger partial charge in [0.1, 0.15) is 5.60 Å². The Morgan fingerprint density at radius 2 is 1.90 bits per heavy atom. The van der Waals surface area contributed by atoms with Crippen LogP contribution >= 0.6 is 0 Å². The summed E-state index contributed by atoms with van der Waals surface area (Å²) < 4.78 is 5.33. The van der Waals surface area contributed by atoms with Gasteiger partial charge in [-0.25, -0.2) is 4.79 Å². The van der Waals surface area contributed by atoms with Crippen molar-refractivity contribution in [3.8, 4) is 0 Å². The molecule has 2 rings (SSSR count). The van der Waals surface area contributed by atoms with Gasteiger partial charge in [0.15, 0.2) is 0 Å². The first-order valence-electron chi connectivity index (χ1n) is 7.52. The fourth-order valence-corrected chi connectivity index (χ4v) is 2.77. The van der Waals surface area contributed by atoms with Gasteiger partial charge in [0, 0.05) is 19.6 Å². The van der Waals surface area contributed by atoms with Gasteiger partial charge in [0.05, 0.1) is 12.0 Å². The highest BCUT2D eigenvalue weighted by Gasteiger charge is 2.51. The van der Waals surface area contributed by atoms with Gasteiger partial charge in [0.2, 0.25) is 0 Å². The molecule has 1 saturated heterocycles. The van der Waals surface area contributed by atoms with Crippen molar-refractivity contribution >= 4 is 12.1 Å². The number of rotatable bonds is 5. The van der Waals surface area contributed by atoms with Crippen LogP contribution in [0.3, 0.4) is 0 Å². The largest absolute Gasteiger partial charge is 0.481 e. The van der Waals surface area contributed by atoms with Crippen LogP contribution < -0.4 is 0 Å². The molecule has 0 aromatic heterocycles. The predicted molar refractivity (Wildman–Crippen MR) is 78.1 cm³/mol. The fourth-order valence-electron chi connectivity index (χ4n) is 2.77. The molecule has 0 aromatic rings. The smallest absolute Gasteiger partial charge is 0.410 e. The van der Waals surface area contributed by atoms with Gasteiger partial charge in [-0.05, 0) is 46.6 Å². The third-order valence-electron chi connectivity index (χ3n) is 4.14. The van der Waals surface area contributed by atoms with E-state index >= 15 is 0 Å². The molecule has 0 radical (unpaired) electrons. The Labute approximate surface area is 126 Å². The van der Waals surface area contributed by atoms with Crippen LogP contribution in [-0.4, -0.2) is 64.8 Å². The lowest BCUT2D eigenvalue weighted by Gasteiger charge is -2.54. The van der Waals surface area contributed by atoms with Gasteiger partial charge >= 0.3 is 12.1 Å². The summed E-state index contributed by atoms with van der Waals surface area (Å²) in [5.41, 5.74) is -0.965. The van der Waals surface area contributed by atoms with Crippen LogP contribution in [0.25, 0.3) is 0 Å². The maximum Gasteiger partial charge on any atom is 0.410 e. The molecular formula is C15H26N2O4. The molecule has 2 fully saturated rings. The summed E-state index contributed by atoms with van der Waals surface area (Å²) in [7, 11) is 1.97. The van der Waals surface area contributed by atoms with Crippen molar-refractivity contribution in [2.45, 2.75) is 51.2 Å². The van der Waals surface area contributed by atoms with E-state index in [1.807, 2.05) is 27.8 Å². The quantitative estimate of drug-likeness (QED) is 0.838. The average molecular weight is 298 g/mol. The summed E-state index contributed by atoms with van der Waals surface area (Å²) in [6.07, 6.45) is 2.16. The Kier molecular flexibility index (Phi) is 4.19. The van der Waals surface area contributed by atoms with Gasteiger partial charge in [-0.3, -0.25) is 9.69 Å². The van der Waals surface area contributed by atoms with Gasteiger partial charge in [0.25, 0.3) is 0 Å². The zero-order chi connectivity index (χ0) is 15.8. The van der Waals surface area contributed by atoms with Crippen LogP contribution in [0.2, 0.25) is 0 Å². The van der Waals surface area contributed by atoms with Crippen molar-refractivity contribution in [2.75, 3.05) is 26.7 Å². The number of nitrogens with zero attached hydrogens (tertiary/aromatic N) is 2. The lowest BCUT2D eigenvalue weighted by Crippen LogP contribution is -2.71. The number of carboxylic acids is 1. The number of carbonyl (C=O) groups excluding carboxylic acids is 1. The molecule has 1 aliphatic heterocycles. The summed E-state index contributed by atoms with van der Waals surface area (Å²) in [6, 6.07) is 0. The number of hydrogen-bond donors (Lipinski definition) is 1. The second kappa shape index (κ2) is 5.48. The number of likely N-dealkylation sites (N-methyl/N-ethyl adjacent to an activating group) is 1. The maximum absolute atomic E-state index is 12.0. The second-order valence-corrected chi connectivity index (χ2v) is 7.46. The normalized spacial score (nSPS) is 21.1. The Balaban J connectivity index is 1.95. The van der Waals surface area contributed by atoms with Crippen LogP contribution in [0.4, 0.5) is 4.79 Å². The summed E-state index contributed by atoms with van der Waals surface area (Å²) >= 11 is 0. The minimum absolute atomic E-state index is 0.0650. The van der Waals surface area contributed by atoms with Gasteiger partial charge in [-0.2, -0.15) is 0 Å². The molecule has 120 valence electrons. The van der Waals surface area contributed by atoms with E-state index in [0.29, 0.717) is 19.0 Å². The molecule has 1 heterocycles. The number of hydrogen-bond acceptors (Lipinski definition) is 4. The van der Waals surface area contributed by atoms with Crippen LogP contribution in [0.5, 0.6) is 0 Å². The molecule has 21 heavy (non-hydrogen) atoms. The zero-order valence-electron chi connectivity index (χ0n) is 13.4. The van der Waals surface area contributed by atoms with Gasteiger partial charge in [-0.1, -0.05) is 0 Å². The number of carbonyl (C=O) groups is 2. The van der Waals surface area contributed by atoms with E-state index in [0.717, 1.165) is 6.54 Å². The number of ether oxygens (including phenoxy) is 1. The SMILES string of the molecule is CN(CC1CC1)C1(CC(=O)O)CN(C(=O)OC(C)(C)C)C1. The van der Waals surface area contributed by atoms with E-state index in [4.69, 9.17) is 9.84 Å². The van der Waals surface area contributed by atoms with Gasteiger partial charge in [-0.15, -0.1) is 0 Å². The minimum Gasteiger partial charge on any atom is -0.481 e. The monoisotopic (exact) mass is 298 g/mol. The van der Waals surface area contributed by atoms with Crippen LogP contribution in [0, 0.1) is 5.92 Å². The summed E-state index contributed by atoms with van der Waals surface area (Å²) in [5.74, 6) is -0.127. The first-order chi connectivity index (χ1) is 9.61. The highest BCUT2D eigenvalue weighted by Crippen LogP contribution is 2.36. The molecule has 1 saturated carbocycles. The molecular weight excluding hydrogens is 272 g/mol. The summed E-state index contributed by atoms with van der Waals surface area (Å²) in [4.78, 5) is 26.9. The Hall–Kier alpha value is -1.30. The van der Waals surface area contributed by atoms with E-state index in [1.54, 1.807) is 4.90 Å². The predicted octanol–water partition coefficient (Wildman–Crippen LogP) is 1.79. The molecule has 2 aliphatic rings. The Bertz CT molecular complexity index is 420. The lowest BCUT2D eigenvalue weighted by atomic mass is 9.84. The molecule has 6 heteroatoms. The van der Waals surface area contributed by atoms with E-state index in [9.17, 15) is 9.59 Å². The second-order valence-electron chi connectivity index (χ2n) is 7.46. The molecule has 0 aromatic carbocycles. The van der Waals surface area contributed by atoms with E-state index < -0.39 is 17.1 Å². The lowest BCUT2D eigenvalue weighted by molar-refractivity contribution is -0.145. The number of carboxylic acid groups (broad SMARTS) is 1. The van der Waals surface area contributed by atoms with Gasteiger partial charge < -0.3 is 14.7 Å². The topological polar surface area (TPSA) is 70.1 Å². The molecule has 0 atom stereocenters. The van der Waals surface area contributed by atoms with Crippen molar-refractivity contribution in [1.82, 2.24) is 9.80 Å². The van der Waals surface area contributed by atoms with E-state index in [2.05, 4.69) is 4.90 Å². The fraction of sp³-hybridized carbons (Fsp3) is 0.867. The molecule has 0 spiro atoms. The third kappa shape index (κ3) is 4.09. The zero-order valence-corrected chi connectivity index (χ0v) is 13.4. The molecule has 1 N–H and O–H groups in total. The maximum atomic E-state index is 12.0. The minimum atomic E-state index is -0.818. The van der Waals surface area contributed by atoms with E-state index in [-0.39, 0.29) is 12.5 Å². The standard InChI is InChI=1S/C15H26N2O4/c1-14(2,3)21-13(20)17-9-15(10-17,7-12(18)19)16(4)8-11-5-6-11/h11H,5-10H2,1-4H3,(H,18,19). The first kappa shape index (κ1) is 16.1. The van der Waals surface area contributed by atoms with E-state index in [1.165, 1.54) is 12.8 Å². The van der Waals surface area contributed by atoms with Crippen molar-refractivity contribution in [3.63, 3.8) is 0 Å². The highest BCUT2D eigenvalue weighted by molar-refractivity contribution is 5.73. The Morgan fingerprint density at radius 1 is 1.33 bits per heavy atom. The third-order valence-corrected chi connectivity index (χ3v) is 4.14. The van der Waals surface area contributed by atoms with Crippen LogP contribution in [0.15, 0.2) is 0 Å². The molecule has 0 unspecified atom stereocenters. The molecule has 1 amide bonds. The highest BCUT2D eigenvalue weighted by atomic mass is 16.6. The molecule has 1 aliphatic carbocycles. The number of amides is 1. The average Bonchev–Trinajstić information content (AvgIpc) is 3.03. The molecule has 6 nitrogen and oxygen atoms in total. The van der Waals surface area contributed by atoms with Crippen molar-refractivity contribution < 1.29 is 19.4 Å². The number of aliphatic carboxylic acids is 1. The number of likely N-dealkylation sites (tertiary alicyclic amines) is 1. The van der Waals surface area contributed by atoms with Crippen molar-refractivity contribution in [1.29, 1.82) is 0 Å². The van der Waals surface area contributed by atoms with Crippen molar-refractivity contribution in [3.05, 3.63) is 0 Å². The summed E-state index contributed by atoms with van der Waals surface area (Å²) in [5, 5.41) is 9.16. The summed E-state index contributed by atoms with van der Waals surface area (Å²) in [6.45, 7) is 7.25. The molecule has 0 bridgehead atoms. The van der Waals surface area contributed by atoms with Crippen molar-refractivity contribution in [2.24, 2.45) is 5.92 Å². The van der Waals surface area contributed by atoms with Crippen LogP contribution in [-0.2, 0) is 9.53 Å². The Morgan fingerprint density at radius 3 is 2.33 bits per heavy atom. The first-order valence-corrected chi connectivity index (χ1v) is 7.52. The van der Waals surface area contributed by atoms with Crippen LogP contribution in [0.1, 0.15) is 40.0 Å².